The van der Waals surface area contributed by atoms with E-state index in [1.54, 1.807) is 0 Å². The zero-order valence-corrected chi connectivity index (χ0v) is 9.26. The third-order valence-electron chi connectivity index (χ3n) is 1.44. The molecule has 0 aliphatic rings. The second-order valence-corrected chi connectivity index (χ2v) is 5.13. The third kappa shape index (κ3) is 11.4. The summed E-state index contributed by atoms with van der Waals surface area (Å²) in [5, 5.41) is 2.83. The molecule has 13 heavy (non-hydrogen) atoms. The number of hydrogen-bond acceptors (Lipinski definition) is 2. The Morgan fingerprint density at radius 1 is 1.46 bits per heavy atom. The maximum atomic E-state index is 10.5. The van der Waals surface area contributed by atoms with Gasteiger partial charge in [0.05, 0.1) is 6.26 Å². The van der Waals surface area contributed by atoms with Gasteiger partial charge in [-0.3, -0.25) is 0 Å². The van der Waals surface area contributed by atoms with Crippen molar-refractivity contribution in [3.05, 3.63) is 0 Å². The molecule has 0 rings (SSSR count). The maximum Gasteiger partial charge on any atom is 0.251 e. The molecule has 0 spiro atoms. The normalized spacial score (nSPS) is 12.6. The van der Waals surface area contributed by atoms with Crippen LogP contribution in [0.25, 0.3) is 0 Å². The summed E-state index contributed by atoms with van der Waals surface area (Å²) < 4.78 is 24.4. The van der Waals surface area contributed by atoms with Gasteiger partial charge in [-0.05, 0) is 18.8 Å². The molecule has 0 unspecified atom stereocenters. The van der Waals surface area contributed by atoms with Crippen molar-refractivity contribution in [2.45, 2.75) is 26.7 Å². The third-order valence-corrected chi connectivity index (χ3v) is 1.93. The fourth-order valence-corrected chi connectivity index (χ4v) is 1.08. The van der Waals surface area contributed by atoms with Gasteiger partial charge in [-0.15, -0.1) is 0 Å². The molecule has 0 aromatic heterocycles. The summed E-state index contributed by atoms with van der Waals surface area (Å²) in [5.74, 6) is 0.689. The van der Waals surface area contributed by atoms with Gasteiger partial charge < -0.3 is 5.32 Å². The first-order chi connectivity index (χ1) is 5.92. The number of nitrogens with one attached hydrogen (secondary N) is 1. The highest BCUT2D eigenvalue weighted by molar-refractivity contribution is 7.89. The van der Waals surface area contributed by atoms with Crippen molar-refractivity contribution in [1.82, 2.24) is 5.32 Å². The van der Waals surface area contributed by atoms with Crippen molar-refractivity contribution in [1.29, 1.82) is 0 Å². The van der Waals surface area contributed by atoms with Gasteiger partial charge in [0.1, 0.15) is 6.34 Å². The fraction of sp³-hybridized carbons (Fsp3) is 0.875. The lowest BCUT2D eigenvalue weighted by atomic mass is 10.1. The molecule has 0 saturated heterocycles. The van der Waals surface area contributed by atoms with Crippen molar-refractivity contribution in [2.75, 3.05) is 12.8 Å². The molecule has 0 radical (unpaired) electrons. The van der Waals surface area contributed by atoms with Crippen molar-refractivity contribution >= 4 is 16.4 Å². The number of sulfonamides is 1. The minimum Gasteiger partial charge on any atom is -0.375 e. The fourth-order valence-electron chi connectivity index (χ4n) is 0.810. The predicted octanol–water partition coefficient (Wildman–Crippen LogP) is 1.00. The summed E-state index contributed by atoms with van der Waals surface area (Å²) in [6, 6.07) is 0. The average Bonchev–Trinajstić information content (AvgIpc) is 1.93. The van der Waals surface area contributed by atoms with E-state index in [4.69, 9.17) is 0 Å². The minimum atomic E-state index is -3.22. The molecule has 0 aromatic carbocycles. The summed E-state index contributed by atoms with van der Waals surface area (Å²) in [7, 11) is -3.22. The molecule has 0 aliphatic carbocycles. The SMILES string of the molecule is CC(C)CCCN/C=N/S(C)(=O)=O. The molecule has 0 aromatic rings. The van der Waals surface area contributed by atoms with E-state index in [-0.39, 0.29) is 0 Å². The average molecular weight is 206 g/mol. The first kappa shape index (κ1) is 12.4. The van der Waals surface area contributed by atoms with Crippen molar-refractivity contribution in [3.63, 3.8) is 0 Å². The lowest BCUT2D eigenvalue weighted by molar-refractivity contribution is 0.552. The van der Waals surface area contributed by atoms with E-state index in [0.29, 0.717) is 5.92 Å². The van der Waals surface area contributed by atoms with E-state index >= 15 is 0 Å². The lowest BCUT2D eigenvalue weighted by Gasteiger charge is -2.02. The standard InChI is InChI=1S/C8H18N2O2S/c1-8(2)5-4-6-9-7-10-13(3,11)12/h7-8H,4-6H2,1-3H3,(H,9,10). The number of nitrogens with zero attached hydrogens (tertiary/aromatic N) is 1. The van der Waals surface area contributed by atoms with Crippen LogP contribution in [-0.2, 0) is 10.0 Å². The van der Waals surface area contributed by atoms with Gasteiger partial charge in [0.25, 0.3) is 10.0 Å². The number of hydrogen-bond donors (Lipinski definition) is 1. The van der Waals surface area contributed by atoms with Crippen LogP contribution < -0.4 is 5.32 Å². The smallest absolute Gasteiger partial charge is 0.251 e. The molecule has 0 saturated carbocycles. The summed E-state index contributed by atoms with van der Waals surface area (Å²) >= 11 is 0. The lowest BCUT2D eigenvalue weighted by Crippen LogP contribution is -2.14. The van der Waals surface area contributed by atoms with Crippen LogP contribution in [0, 0.1) is 5.92 Å². The van der Waals surface area contributed by atoms with E-state index in [1.807, 2.05) is 0 Å². The molecule has 4 nitrogen and oxygen atoms in total. The number of rotatable bonds is 6. The molecule has 0 fully saturated rings. The second kappa shape index (κ2) is 5.96. The Kier molecular flexibility index (Phi) is 5.70. The summed E-state index contributed by atoms with van der Waals surface area (Å²) in [6.07, 6.45) is 4.49. The van der Waals surface area contributed by atoms with E-state index in [1.165, 1.54) is 6.34 Å². The summed E-state index contributed by atoms with van der Waals surface area (Å²) in [6.45, 7) is 5.09. The van der Waals surface area contributed by atoms with Crippen molar-refractivity contribution < 1.29 is 8.42 Å². The molecule has 1 N–H and O–H groups in total. The highest BCUT2D eigenvalue weighted by Crippen LogP contribution is 2.01. The van der Waals surface area contributed by atoms with Crippen molar-refractivity contribution in [2.24, 2.45) is 10.3 Å². The Balaban J connectivity index is 3.42. The summed E-state index contributed by atoms with van der Waals surface area (Å²) in [5.41, 5.74) is 0. The highest BCUT2D eigenvalue weighted by atomic mass is 32.2. The Labute approximate surface area is 80.5 Å². The Morgan fingerprint density at radius 2 is 2.08 bits per heavy atom. The maximum absolute atomic E-state index is 10.5. The van der Waals surface area contributed by atoms with E-state index in [0.717, 1.165) is 25.6 Å². The molecule has 0 bridgehead atoms. The zero-order valence-electron chi connectivity index (χ0n) is 8.45. The summed E-state index contributed by atoms with van der Waals surface area (Å²) in [4.78, 5) is 0. The molecule has 78 valence electrons. The van der Waals surface area contributed by atoms with Gasteiger partial charge in [0.2, 0.25) is 0 Å². The molecule has 0 aliphatic heterocycles. The highest BCUT2D eigenvalue weighted by Gasteiger charge is 1.93. The molecule has 5 heteroatoms. The van der Waals surface area contributed by atoms with Crippen LogP contribution in [0.15, 0.2) is 4.40 Å². The van der Waals surface area contributed by atoms with E-state index < -0.39 is 10.0 Å². The van der Waals surface area contributed by atoms with Gasteiger partial charge in [0, 0.05) is 6.54 Å². The topological polar surface area (TPSA) is 58.5 Å². The first-order valence-corrected chi connectivity index (χ1v) is 6.24. The van der Waals surface area contributed by atoms with E-state index in [9.17, 15) is 8.42 Å². The zero-order chi connectivity index (χ0) is 10.3. The van der Waals surface area contributed by atoms with Gasteiger partial charge in [0.15, 0.2) is 0 Å². The molecule has 0 heterocycles. The molecule has 0 atom stereocenters. The monoisotopic (exact) mass is 206 g/mol. The van der Waals surface area contributed by atoms with Crippen LogP contribution in [0.3, 0.4) is 0 Å². The van der Waals surface area contributed by atoms with Gasteiger partial charge >= 0.3 is 0 Å². The quantitative estimate of drug-likeness (QED) is 0.401. The van der Waals surface area contributed by atoms with Gasteiger partial charge in [-0.1, -0.05) is 13.8 Å². The predicted molar refractivity (Wildman–Crippen MR) is 55.4 cm³/mol. The molecular formula is C8H18N2O2S. The van der Waals surface area contributed by atoms with Crippen LogP contribution in [0.4, 0.5) is 0 Å². The Morgan fingerprint density at radius 3 is 2.54 bits per heavy atom. The van der Waals surface area contributed by atoms with Gasteiger partial charge in [-0.2, -0.15) is 4.40 Å². The van der Waals surface area contributed by atoms with Crippen LogP contribution in [0.2, 0.25) is 0 Å². The van der Waals surface area contributed by atoms with Crippen LogP contribution >= 0.6 is 0 Å². The minimum absolute atomic E-state index is 0.689. The largest absolute Gasteiger partial charge is 0.375 e. The van der Waals surface area contributed by atoms with Crippen LogP contribution in [-0.4, -0.2) is 27.6 Å². The Bertz CT molecular complexity index is 245. The second-order valence-electron chi connectivity index (χ2n) is 3.46. The van der Waals surface area contributed by atoms with E-state index in [2.05, 4.69) is 23.6 Å². The molecular weight excluding hydrogens is 188 g/mol. The molecule has 0 amide bonds. The Hall–Kier alpha value is -0.580. The first-order valence-electron chi connectivity index (χ1n) is 4.39. The van der Waals surface area contributed by atoms with Crippen molar-refractivity contribution in [3.8, 4) is 0 Å². The van der Waals surface area contributed by atoms with Crippen LogP contribution in [0.5, 0.6) is 0 Å². The van der Waals surface area contributed by atoms with Gasteiger partial charge in [-0.25, -0.2) is 8.42 Å². The van der Waals surface area contributed by atoms with Crippen LogP contribution in [0.1, 0.15) is 26.7 Å².